The number of benzene rings is 1. The minimum absolute atomic E-state index is 0.561. The Morgan fingerprint density at radius 2 is 1.79 bits per heavy atom. The summed E-state index contributed by atoms with van der Waals surface area (Å²) in [6.07, 6.45) is 0. The number of anilines is 1. The smallest absolute Gasteiger partial charge is 0.136 e. The van der Waals surface area contributed by atoms with Crippen molar-refractivity contribution < 1.29 is 9.47 Å². The first-order valence-electron chi connectivity index (χ1n) is 5.75. The molecule has 0 bridgehead atoms. The molecule has 0 aliphatic carbocycles. The molecule has 0 unspecified atom stereocenters. The molecule has 2 rings (SSSR count). The van der Waals surface area contributed by atoms with Crippen LogP contribution < -0.4 is 15.2 Å². The lowest BCUT2D eigenvalue weighted by Gasteiger charge is -2.09. The summed E-state index contributed by atoms with van der Waals surface area (Å²) in [5.41, 5.74) is 7.86. The van der Waals surface area contributed by atoms with Gasteiger partial charge in [0.1, 0.15) is 17.3 Å². The molecule has 1 aromatic carbocycles. The largest absolute Gasteiger partial charge is 0.497 e. The molecule has 0 radical (unpaired) electrons. The van der Waals surface area contributed by atoms with Crippen LogP contribution in [0.4, 0.5) is 5.82 Å². The average molecular weight is 326 g/mol. The van der Waals surface area contributed by atoms with Gasteiger partial charge in [0.05, 0.1) is 30.9 Å². The van der Waals surface area contributed by atoms with Crippen LogP contribution in [0, 0.1) is 6.92 Å². The average Bonchev–Trinajstić information content (AvgIpc) is 2.65. The monoisotopic (exact) mass is 325 g/mol. The molecule has 0 aliphatic rings. The fourth-order valence-corrected chi connectivity index (χ4v) is 2.11. The molecule has 5 nitrogen and oxygen atoms in total. The number of nitrogens with two attached hydrogens (primary N) is 1. The molecule has 0 aliphatic heterocycles. The topological polar surface area (TPSA) is 62.3 Å². The van der Waals surface area contributed by atoms with Crippen LogP contribution in [-0.4, -0.2) is 24.0 Å². The van der Waals surface area contributed by atoms with Gasteiger partial charge in [-0.15, -0.1) is 0 Å². The van der Waals surface area contributed by atoms with E-state index in [0.29, 0.717) is 12.4 Å². The van der Waals surface area contributed by atoms with E-state index in [9.17, 15) is 0 Å². The Kier molecular flexibility index (Phi) is 3.99. The third-order valence-corrected chi connectivity index (χ3v) is 3.81. The molecule has 0 amide bonds. The maximum absolute atomic E-state index is 5.98. The number of ether oxygens (including phenoxy) is 2. The van der Waals surface area contributed by atoms with E-state index in [0.717, 1.165) is 27.2 Å². The van der Waals surface area contributed by atoms with Crippen LogP contribution in [0.2, 0.25) is 0 Å². The molecule has 0 atom stereocenters. The fraction of sp³-hybridized carbons (Fsp3) is 0.308. The predicted octanol–water partition coefficient (Wildman–Crippen LogP) is 2.60. The highest BCUT2D eigenvalue weighted by molar-refractivity contribution is 9.10. The van der Waals surface area contributed by atoms with Crippen LogP contribution in [0.3, 0.4) is 0 Å². The van der Waals surface area contributed by atoms with E-state index in [1.54, 1.807) is 18.9 Å². The van der Waals surface area contributed by atoms with Gasteiger partial charge >= 0.3 is 0 Å². The Morgan fingerprint density at radius 3 is 2.21 bits per heavy atom. The van der Waals surface area contributed by atoms with Crippen molar-refractivity contribution in [1.82, 2.24) is 9.78 Å². The Bertz CT molecular complexity index is 574. The van der Waals surface area contributed by atoms with Gasteiger partial charge in [-0.3, -0.25) is 0 Å². The highest BCUT2D eigenvalue weighted by Crippen LogP contribution is 2.26. The van der Waals surface area contributed by atoms with Crippen molar-refractivity contribution >= 4 is 21.7 Å². The summed E-state index contributed by atoms with van der Waals surface area (Å²) in [5.74, 6) is 2.10. The standard InChI is InChI=1S/C13H16BrN3O2/c1-8-12(14)13(15)17(16-8)7-9-4-10(18-2)6-11(5-9)19-3/h4-6H,7,15H2,1-3H3. The first-order valence-corrected chi connectivity index (χ1v) is 6.54. The Balaban J connectivity index is 2.34. The van der Waals surface area contributed by atoms with Crippen molar-refractivity contribution in [2.75, 3.05) is 20.0 Å². The Morgan fingerprint density at radius 1 is 1.21 bits per heavy atom. The molecule has 1 aromatic heterocycles. The van der Waals surface area contributed by atoms with E-state index in [1.165, 1.54) is 0 Å². The molecule has 2 aromatic rings. The second kappa shape index (κ2) is 5.52. The molecule has 1 heterocycles. The van der Waals surface area contributed by atoms with Gasteiger partial charge in [-0.05, 0) is 40.5 Å². The van der Waals surface area contributed by atoms with Crippen LogP contribution >= 0.6 is 15.9 Å². The van der Waals surface area contributed by atoms with Gasteiger partial charge in [0.15, 0.2) is 0 Å². The van der Waals surface area contributed by atoms with Gasteiger partial charge in [-0.2, -0.15) is 5.10 Å². The van der Waals surface area contributed by atoms with Crippen molar-refractivity contribution in [3.63, 3.8) is 0 Å². The highest BCUT2D eigenvalue weighted by atomic mass is 79.9. The summed E-state index contributed by atoms with van der Waals surface area (Å²) in [5, 5.41) is 4.38. The minimum Gasteiger partial charge on any atom is -0.497 e. The van der Waals surface area contributed by atoms with E-state index >= 15 is 0 Å². The summed E-state index contributed by atoms with van der Waals surface area (Å²) >= 11 is 3.41. The number of hydrogen-bond acceptors (Lipinski definition) is 4. The van der Waals surface area contributed by atoms with Crippen LogP contribution in [-0.2, 0) is 6.54 Å². The third-order valence-electron chi connectivity index (χ3n) is 2.83. The Labute approximate surface area is 120 Å². The number of methoxy groups -OCH3 is 2. The van der Waals surface area contributed by atoms with Crippen molar-refractivity contribution in [1.29, 1.82) is 0 Å². The number of nitrogen functional groups attached to an aromatic ring is 1. The Hall–Kier alpha value is -1.69. The van der Waals surface area contributed by atoms with Crippen LogP contribution in [0.1, 0.15) is 11.3 Å². The van der Waals surface area contributed by atoms with E-state index in [4.69, 9.17) is 15.2 Å². The van der Waals surface area contributed by atoms with Crippen LogP contribution in [0.5, 0.6) is 11.5 Å². The lowest BCUT2D eigenvalue weighted by atomic mass is 10.2. The number of aryl methyl sites for hydroxylation is 1. The van der Waals surface area contributed by atoms with Crippen molar-refractivity contribution in [3.05, 3.63) is 33.9 Å². The summed E-state index contributed by atoms with van der Waals surface area (Å²) in [7, 11) is 3.25. The number of aromatic nitrogens is 2. The maximum Gasteiger partial charge on any atom is 0.136 e. The van der Waals surface area contributed by atoms with Crippen molar-refractivity contribution in [2.45, 2.75) is 13.5 Å². The van der Waals surface area contributed by atoms with Crippen LogP contribution in [0.15, 0.2) is 22.7 Å². The lowest BCUT2D eigenvalue weighted by Crippen LogP contribution is -2.06. The normalized spacial score (nSPS) is 10.5. The molecule has 0 fully saturated rings. The molecule has 102 valence electrons. The molecule has 2 N–H and O–H groups in total. The number of hydrogen-bond donors (Lipinski definition) is 1. The van der Waals surface area contributed by atoms with Crippen molar-refractivity contribution in [2.24, 2.45) is 0 Å². The predicted molar refractivity (Wildman–Crippen MR) is 77.7 cm³/mol. The molecule has 19 heavy (non-hydrogen) atoms. The summed E-state index contributed by atoms with van der Waals surface area (Å²) < 4.78 is 13.1. The van der Waals surface area contributed by atoms with Gasteiger partial charge in [0.2, 0.25) is 0 Å². The number of halogens is 1. The van der Waals surface area contributed by atoms with E-state index in [-0.39, 0.29) is 0 Å². The third kappa shape index (κ3) is 2.84. The second-order valence-electron chi connectivity index (χ2n) is 4.16. The highest BCUT2D eigenvalue weighted by Gasteiger charge is 2.11. The maximum atomic E-state index is 5.98. The zero-order valence-corrected chi connectivity index (χ0v) is 12.7. The van der Waals surface area contributed by atoms with Gasteiger partial charge in [0.25, 0.3) is 0 Å². The van der Waals surface area contributed by atoms with E-state index in [2.05, 4.69) is 21.0 Å². The molecule has 0 saturated heterocycles. The van der Waals surface area contributed by atoms with Gasteiger partial charge in [-0.25, -0.2) is 4.68 Å². The SMILES string of the molecule is COc1cc(Cn2nc(C)c(Br)c2N)cc(OC)c1. The minimum atomic E-state index is 0.561. The summed E-state index contributed by atoms with van der Waals surface area (Å²) in [6.45, 7) is 2.47. The molecule has 6 heteroatoms. The molecular weight excluding hydrogens is 310 g/mol. The molecule has 0 spiro atoms. The van der Waals surface area contributed by atoms with Crippen molar-refractivity contribution in [3.8, 4) is 11.5 Å². The molecule has 0 saturated carbocycles. The zero-order valence-electron chi connectivity index (χ0n) is 11.1. The first kappa shape index (κ1) is 13.7. The zero-order chi connectivity index (χ0) is 14.0. The number of rotatable bonds is 4. The summed E-state index contributed by atoms with van der Waals surface area (Å²) in [6, 6.07) is 5.71. The first-order chi connectivity index (χ1) is 9.05. The molecular formula is C13H16BrN3O2. The van der Waals surface area contributed by atoms with E-state index in [1.807, 2.05) is 25.1 Å². The fourth-order valence-electron chi connectivity index (χ4n) is 1.83. The lowest BCUT2D eigenvalue weighted by molar-refractivity contribution is 0.393. The van der Waals surface area contributed by atoms with Gasteiger partial charge < -0.3 is 15.2 Å². The number of nitrogens with zero attached hydrogens (tertiary/aromatic N) is 2. The quantitative estimate of drug-likeness (QED) is 0.938. The summed E-state index contributed by atoms with van der Waals surface area (Å²) in [4.78, 5) is 0. The van der Waals surface area contributed by atoms with E-state index < -0.39 is 0 Å². The second-order valence-corrected chi connectivity index (χ2v) is 4.96. The van der Waals surface area contributed by atoms with Gasteiger partial charge in [0, 0.05) is 6.07 Å². The van der Waals surface area contributed by atoms with Gasteiger partial charge in [-0.1, -0.05) is 0 Å². The van der Waals surface area contributed by atoms with Crippen LogP contribution in [0.25, 0.3) is 0 Å².